The van der Waals surface area contributed by atoms with Crippen molar-refractivity contribution in [3.05, 3.63) is 0 Å². The number of hydrogen-bond acceptors (Lipinski definition) is 1. The Morgan fingerprint density at radius 2 is 2.07 bits per heavy atom. The zero-order valence-corrected chi connectivity index (χ0v) is 8.87. The fourth-order valence-corrected chi connectivity index (χ4v) is 2.22. The topological polar surface area (TPSA) is 29.1 Å². The molecule has 1 aliphatic carbocycles. The summed E-state index contributed by atoms with van der Waals surface area (Å²) in [5.41, 5.74) is 0. The average Bonchev–Trinajstić information content (AvgIpc) is 2.48. The van der Waals surface area contributed by atoms with Gasteiger partial charge in [-0.15, -0.1) is 11.6 Å². The first-order valence-electron chi connectivity index (χ1n) is 4.84. The second-order valence-electron chi connectivity index (χ2n) is 3.81. The zero-order valence-electron chi connectivity index (χ0n) is 8.11. The lowest BCUT2D eigenvalue weighted by Crippen LogP contribution is -2.39. The first-order valence-corrected chi connectivity index (χ1v) is 5.38. The molecule has 0 aromatic heterocycles. The molecule has 1 aliphatic rings. The number of hydrogen-bond donors (Lipinski definition) is 1. The molecule has 0 spiro atoms. The minimum Gasteiger partial charge on any atom is -0.353 e. The summed E-state index contributed by atoms with van der Waals surface area (Å²) < 4.78 is 35.6. The lowest BCUT2D eigenvalue weighted by Gasteiger charge is -2.19. The van der Waals surface area contributed by atoms with Crippen LogP contribution in [0.5, 0.6) is 0 Å². The van der Waals surface area contributed by atoms with E-state index in [4.69, 9.17) is 11.6 Å². The molecule has 6 heteroatoms. The van der Waals surface area contributed by atoms with Crippen molar-refractivity contribution >= 4 is 17.5 Å². The third-order valence-corrected chi connectivity index (χ3v) is 2.96. The monoisotopic (exact) mass is 243 g/mol. The van der Waals surface area contributed by atoms with Crippen LogP contribution >= 0.6 is 11.6 Å². The highest BCUT2D eigenvalue weighted by Gasteiger charge is 2.34. The number of halogens is 4. The molecule has 1 saturated carbocycles. The summed E-state index contributed by atoms with van der Waals surface area (Å²) in [5.74, 6) is -0.454. The van der Waals surface area contributed by atoms with Gasteiger partial charge in [-0.05, 0) is 18.8 Å². The van der Waals surface area contributed by atoms with Gasteiger partial charge >= 0.3 is 6.18 Å². The molecular formula is C9H13ClF3NO. The van der Waals surface area contributed by atoms with Gasteiger partial charge in [-0.3, -0.25) is 4.79 Å². The van der Waals surface area contributed by atoms with Crippen molar-refractivity contribution < 1.29 is 18.0 Å². The van der Waals surface area contributed by atoms with Gasteiger partial charge in [0.2, 0.25) is 5.91 Å². The summed E-state index contributed by atoms with van der Waals surface area (Å²) in [7, 11) is 0. The van der Waals surface area contributed by atoms with Crippen LogP contribution < -0.4 is 5.32 Å². The number of rotatable bonds is 3. The van der Waals surface area contributed by atoms with E-state index in [2.05, 4.69) is 5.32 Å². The van der Waals surface area contributed by atoms with Gasteiger partial charge in [0.15, 0.2) is 0 Å². The minimum absolute atomic E-state index is 0.115. The van der Waals surface area contributed by atoms with Crippen LogP contribution in [0.15, 0.2) is 0 Å². The van der Waals surface area contributed by atoms with Crippen molar-refractivity contribution in [1.29, 1.82) is 0 Å². The second-order valence-corrected chi connectivity index (χ2v) is 4.12. The van der Waals surface area contributed by atoms with E-state index in [-0.39, 0.29) is 12.0 Å². The maximum atomic E-state index is 11.9. The van der Waals surface area contributed by atoms with E-state index in [0.29, 0.717) is 5.88 Å². The van der Waals surface area contributed by atoms with E-state index in [9.17, 15) is 18.0 Å². The predicted molar refractivity (Wildman–Crippen MR) is 50.7 cm³/mol. The number of amides is 1. The van der Waals surface area contributed by atoms with Gasteiger partial charge < -0.3 is 5.32 Å². The Bertz CT molecular complexity index is 232. The van der Waals surface area contributed by atoms with Gasteiger partial charge in [-0.2, -0.15) is 13.2 Å². The molecular weight excluding hydrogens is 231 g/mol. The van der Waals surface area contributed by atoms with Crippen molar-refractivity contribution in [3.8, 4) is 0 Å². The highest BCUT2D eigenvalue weighted by atomic mass is 35.5. The van der Waals surface area contributed by atoms with Gasteiger partial charge in [-0.1, -0.05) is 6.42 Å². The van der Waals surface area contributed by atoms with Crippen LogP contribution in [0.4, 0.5) is 13.2 Å². The Kier molecular flexibility index (Phi) is 4.25. The Labute approximate surface area is 91.2 Å². The smallest absolute Gasteiger partial charge is 0.353 e. The van der Waals surface area contributed by atoms with Crippen LogP contribution in [0.3, 0.4) is 0 Å². The van der Waals surface area contributed by atoms with Crippen molar-refractivity contribution in [2.24, 2.45) is 5.92 Å². The fourth-order valence-electron chi connectivity index (χ4n) is 1.85. The van der Waals surface area contributed by atoms with Crippen LogP contribution in [0, 0.1) is 5.92 Å². The Morgan fingerprint density at radius 3 is 2.60 bits per heavy atom. The average molecular weight is 244 g/mol. The molecule has 1 fully saturated rings. The minimum atomic E-state index is -4.43. The summed E-state index contributed by atoms with van der Waals surface area (Å²) in [4.78, 5) is 11.0. The molecule has 0 saturated heterocycles. The maximum Gasteiger partial charge on any atom is 0.397 e. The van der Waals surface area contributed by atoms with Crippen molar-refractivity contribution in [3.63, 3.8) is 0 Å². The highest BCUT2D eigenvalue weighted by molar-refractivity contribution is 6.18. The molecule has 15 heavy (non-hydrogen) atoms. The highest BCUT2D eigenvalue weighted by Crippen LogP contribution is 2.27. The van der Waals surface area contributed by atoms with Crippen molar-refractivity contribution in [1.82, 2.24) is 5.32 Å². The molecule has 1 N–H and O–H groups in total. The second kappa shape index (κ2) is 5.05. The molecule has 2 nitrogen and oxygen atoms in total. The Morgan fingerprint density at radius 1 is 1.40 bits per heavy atom. The molecule has 0 radical (unpaired) electrons. The van der Waals surface area contributed by atoms with Crippen molar-refractivity contribution in [2.75, 3.05) is 5.88 Å². The largest absolute Gasteiger partial charge is 0.397 e. The van der Waals surface area contributed by atoms with Crippen LogP contribution in [0.1, 0.15) is 25.7 Å². The maximum absolute atomic E-state index is 11.9. The van der Waals surface area contributed by atoms with Crippen LogP contribution in [0.25, 0.3) is 0 Å². The van der Waals surface area contributed by atoms with E-state index in [1.54, 1.807) is 0 Å². The number of alkyl halides is 4. The molecule has 0 aromatic carbocycles. The SMILES string of the molecule is O=C(CC(F)(F)F)NC1CCCC1CCl. The Balaban J connectivity index is 2.37. The molecule has 1 rings (SSSR count). The molecule has 0 heterocycles. The predicted octanol–water partition coefficient (Wildman–Crippen LogP) is 2.46. The number of nitrogens with one attached hydrogen (secondary N) is 1. The lowest BCUT2D eigenvalue weighted by atomic mass is 10.1. The molecule has 2 unspecified atom stereocenters. The zero-order chi connectivity index (χ0) is 11.5. The van der Waals surface area contributed by atoms with Gasteiger partial charge in [-0.25, -0.2) is 0 Å². The first kappa shape index (κ1) is 12.6. The molecule has 0 aromatic rings. The van der Waals surface area contributed by atoms with Gasteiger partial charge in [0.1, 0.15) is 6.42 Å². The lowest BCUT2D eigenvalue weighted by molar-refractivity contribution is -0.154. The van der Waals surface area contributed by atoms with E-state index in [1.165, 1.54) is 0 Å². The number of carbonyl (C=O) groups is 1. The van der Waals surface area contributed by atoms with Crippen LogP contribution in [-0.4, -0.2) is 24.0 Å². The van der Waals surface area contributed by atoms with Gasteiger partial charge in [0.05, 0.1) is 0 Å². The summed E-state index contributed by atoms with van der Waals surface area (Å²) in [5, 5.41) is 2.39. The Hall–Kier alpha value is -0.450. The van der Waals surface area contributed by atoms with Crippen LogP contribution in [0.2, 0.25) is 0 Å². The number of carbonyl (C=O) groups excluding carboxylic acids is 1. The molecule has 88 valence electrons. The molecule has 2 atom stereocenters. The molecule has 0 bridgehead atoms. The van der Waals surface area contributed by atoms with E-state index < -0.39 is 18.5 Å². The van der Waals surface area contributed by atoms with E-state index in [1.807, 2.05) is 0 Å². The third kappa shape index (κ3) is 4.28. The van der Waals surface area contributed by atoms with Crippen LogP contribution in [-0.2, 0) is 4.79 Å². The van der Waals surface area contributed by atoms with Gasteiger partial charge in [0, 0.05) is 11.9 Å². The van der Waals surface area contributed by atoms with E-state index in [0.717, 1.165) is 19.3 Å². The van der Waals surface area contributed by atoms with E-state index >= 15 is 0 Å². The fraction of sp³-hybridized carbons (Fsp3) is 0.889. The van der Waals surface area contributed by atoms with Gasteiger partial charge in [0.25, 0.3) is 0 Å². The van der Waals surface area contributed by atoms with Crippen molar-refractivity contribution in [2.45, 2.75) is 37.9 Å². The first-order chi connectivity index (χ1) is 6.92. The summed E-state index contributed by atoms with van der Waals surface area (Å²) in [6.07, 6.45) is -3.33. The molecule has 0 aliphatic heterocycles. The summed E-state index contributed by atoms with van der Waals surface area (Å²) in [6.45, 7) is 0. The summed E-state index contributed by atoms with van der Waals surface area (Å²) in [6, 6.07) is -0.183. The standard InChI is InChI=1S/C9H13ClF3NO/c10-5-6-2-1-3-7(6)14-8(15)4-9(11,12)13/h6-7H,1-5H2,(H,14,15). The third-order valence-electron chi connectivity index (χ3n) is 2.56. The molecule has 1 amide bonds. The normalized spacial score (nSPS) is 26.7. The quantitative estimate of drug-likeness (QED) is 0.758. The summed E-state index contributed by atoms with van der Waals surface area (Å²) >= 11 is 5.65.